The molecule has 0 heterocycles. The summed E-state index contributed by atoms with van der Waals surface area (Å²) in [5.74, 6) is 1.27. The van der Waals surface area contributed by atoms with Gasteiger partial charge in [0.25, 0.3) is 0 Å². The lowest BCUT2D eigenvalue weighted by molar-refractivity contribution is -0.0270. The number of benzene rings is 1. The highest BCUT2D eigenvalue weighted by molar-refractivity contribution is 6.18. The number of halogens is 1. The van der Waals surface area contributed by atoms with Crippen molar-refractivity contribution in [1.82, 2.24) is 0 Å². The Bertz CT molecular complexity index is 688. The van der Waals surface area contributed by atoms with Crippen molar-refractivity contribution >= 4 is 11.6 Å². The molecule has 0 aliphatic heterocycles. The van der Waals surface area contributed by atoms with Gasteiger partial charge >= 0.3 is 0 Å². The Labute approximate surface area is 179 Å². The summed E-state index contributed by atoms with van der Waals surface area (Å²) in [6, 6.07) is 6.13. The van der Waals surface area contributed by atoms with Crippen LogP contribution in [-0.4, -0.2) is 59.3 Å². The lowest BCUT2D eigenvalue weighted by Gasteiger charge is -2.37. The predicted octanol–water partition coefficient (Wildman–Crippen LogP) is 3.35. The molecular formula is C23H35ClO5. The van der Waals surface area contributed by atoms with Gasteiger partial charge in [0.15, 0.2) is 0 Å². The molecule has 164 valence electrons. The highest BCUT2D eigenvalue weighted by atomic mass is 35.5. The van der Waals surface area contributed by atoms with E-state index in [0.29, 0.717) is 11.7 Å². The molecule has 2 unspecified atom stereocenters. The van der Waals surface area contributed by atoms with E-state index in [2.05, 4.69) is 39.0 Å². The second-order valence-electron chi connectivity index (χ2n) is 8.58. The van der Waals surface area contributed by atoms with Gasteiger partial charge in [-0.05, 0) is 42.9 Å². The molecule has 0 amide bonds. The van der Waals surface area contributed by atoms with Crippen LogP contribution in [0.15, 0.2) is 29.8 Å². The minimum atomic E-state index is -0.875. The van der Waals surface area contributed by atoms with Crippen molar-refractivity contribution in [1.29, 1.82) is 0 Å². The largest absolute Gasteiger partial charge is 0.491 e. The molecular weight excluding hydrogens is 392 g/mol. The van der Waals surface area contributed by atoms with E-state index in [0.717, 1.165) is 18.4 Å². The number of aryl methyl sites for hydroxylation is 1. The van der Waals surface area contributed by atoms with Crippen molar-refractivity contribution in [3.05, 3.63) is 41.0 Å². The fourth-order valence-corrected chi connectivity index (χ4v) is 3.79. The van der Waals surface area contributed by atoms with E-state index in [1.807, 2.05) is 13.0 Å². The summed E-state index contributed by atoms with van der Waals surface area (Å²) >= 11 is 5.65. The Morgan fingerprint density at radius 2 is 1.93 bits per heavy atom. The highest BCUT2D eigenvalue weighted by Crippen LogP contribution is 2.40. The number of hydrogen-bond acceptors (Lipinski definition) is 5. The van der Waals surface area contributed by atoms with Crippen molar-refractivity contribution < 1.29 is 24.8 Å². The van der Waals surface area contributed by atoms with Crippen LogP contribution in [0.3, 0.4) is 0 Å². The predicted molar refractivity (Wildman–Crippen MR) is 116 cm³/mol. The standard InChI is InChI=1S/C23H35ClO5/c1-15-9-17(5-7-21(15)28-13-19(26)11-24)23(3,4)18-6-8-22(16(2)10-18)29-14-20(27)12-25/h5-6,8,10,15,19-21,25-27H,7,9,11-14H2,1-4H3/t15?,19-,20+,21?/m0/s1. The Hall–Kier alpha value is -1.11. The van der Waals surface area contributed by atoms with Crippen molar-refractivity contribution in [3.63, 3.8) is 0 Å². The lowest BCUT2D eigenvalue weighted by atomic mass is 9.71. The third-order valence-corrected chi connectivity index (χ3v) is 6.15. The quantitative estimate of drug-likeness (QED) is 0.395. The van der Waals surface area contributed by atoms with Crippen LogP contribution in [-0.2, 0) is 10.2 Å². The van der Waals surface area contributed by atoms with E-state index in [4.69, 9.17) is 26.2 Å². The molecule has 3 N–H and O–H groups in total. The Balaban J connectivity index is 2.08. The topological polar surface area (TPSA) is 79.2 Å². The van der Waals surface area contributed by atoms with Crippen LogP contribution in [0.1, 0.15) is 44.7 Å². The summed E-state index contributed by atoms with van der Waals surface area (Å²) in [6.45, 7) is 8.68. The zero-order valence-electron chi connectivity index (χ0n) is 17.9. The SMILES string of the molecule is Cc1cc(C(C)(C)C2=CCC(OC[C@@H](O)CCl)C(C)C2)ccc1OC[C@H](O)CO. The van der Waals surface area contributed by atoms with Crippen LogP contribution in [0.5, 0.6) is 5.75 Å². The molecule has 0 spiro atoms. The number of rotatable bonds is 10. The van der Waals surface area contributed by atoms with Gasteiger partial charge in [0.2, 0.25) is 0 Å². The number of alkyl halides is 1. The van der Waals surface area contributed by atoms with Gasteiger partial charge in [0, 0.05) is 5.41 Å². The maximum Gasteiger partial charge on any atom is 0.122 e. The van der Waals surface area contributed by atoms with Crippen LogP contribution in [0.2, 0.25) is 0 Å². The first kappa shape index (κ1) is 24.2. The molecule has 0 saturated heterocycles. The lowest BCUT2D eigenvalue weighted by Crippen LogP contribution is -2.33. The first-order valence-electron chi connectivity index (χ1n) is 10.3. The second-order valence-corrected chi connectivity index (χ2v) is 8.89. The summed E-state index contributed by atoms with van der Waals surface area (Å²) in [5.41, 5.74) is 3.47. The number of allylic oxidation sites excluding steroid dienone is 1. The highest BCUT2D eigenvalue weighted by Gasteiger charge is 2.32. The van der Waals surface area contributed by atoms with Crippen molar-refractivity contribution in [2.75, 3.05) is 25.7 Å². The summed E-state index contributed by atoms with van der Waals surface area (Å²) < 4.78 is 11.5. The van der Waals surface area contributed by atoms with Gasteiger partial charge < -0.3 is 24.8 Å². The van der Waals surface area contributed by atoms with E-state index in [1.165, 1.54) is 11.1 Å². The van der Waals surface area contributed by atoms with Crippen LogP contribution in [0.25, 0.3) is 0 Å². The Morgan fingerprint density at radius 1 is 1.21 bits per heavy atom. The minimum absolute atomic E-state index is 0.0720. The number of aliphatic hydroxyl groups excluding tert-OH is 3. The zero-order chi connectivity index (χ0) is 21.6. The van der Waals surface area contributed by atoms with E-state index < -0.39 is 12.2 Å². The van der Waals surface area contributed by atoms with Gasteiger partial charge in [0.05, 0.1) is 31.3 Å². The molecule has 0 aromatic heterocycles. The third-order valence-electron chi connectivity index (χ3n) is 5.80. The summed E-state index contributed by atoms with van der Waals surface area (Å²) in [5, 5.41) is 28.0. The summed E-state index contributed by atoms with van der Waals surface area (Å²) in [6.07, 6.45) is 2.65. The molecule has 4 atom stereocenters. The molecule has 2 rings (SSSR count). The van der Waals surface area contributed by atoms with Crippen molar-refractivity contribution in [2.45, 2.75) is 64.3 Å². The summed E-state index contributed by atoms with van der Waals surface area (Å²) in [7, 11) is 0. The molecule has 5 nitrogen and oxygen atoms in total. The fourth-order valence-electron chi connectivity index (χ4n) is 3.70. The normalized spacial score (nSPS) is 22.1. The zero-order valence-corrected chi connectivity index (χ0v) is 18.7. The van der Waals surface area contributed by atoms with E-state index in [1.54, 1.807) is 0 Å². The first-order valence-corrected chi connectivity index (χ1v) is 10.8. The van der Waals surface area contributed by atoms with Crippen molar-refractivity contribution in [3.8, 4) is 5.75 Å². The minimum Gasteiger partial charge on any atom is -0.491 e. The van der Waals surface area contributed by atoms with Gasteiger partial charge in [-0.15, -0.1) is 11.6 Å². The van der Waals surface area contributed by atoms with Crippen molar-refractivity contribution in [2.24, 2.45) is 5.92 Å². The van der Waals surface area contributed by atoms with Gasteiger partial charge in [-0.2, -0.15) is 0 Å². The van der Waals surface area contributed by atoms with Gasteiger partial charge in [0.1, 0.15) is 18.5 Å². The number of hydrogen-bond donors (Lipinski definition) is 3. The number of aliphatic hydroxyl groups is 3. The average molecular weight is 427 g/mol. The average Bonchev–Trinajstić information content (AvgIpc) is 2.71. The molecule has 1 aromatic carbocycles. The fraction of sp³-hybridized carbons (Fsp3) is 0.652. The van der Waals surface area contributed by atoms with E-state index in [9.17, 15) is 10.2 Å². The van der Waals surface area contributed by atoms with Gasteiger partial charge in [-0.3, -0.25) is 0 Å². The molecule has 1 aliphatic carbocycles. The molecule has 0 fully saturated rings. The van der Waals surface area contributed by atoms with Crippen LogP contribution in [0, 0.1) is 12.8 Å². The Morgan fingerprint density at radius 3 is 2.52 bits per heavy atom. The monoisotopic (exact) mass is 426 g/mol. The first-order chi connectivity index (χ1) is 13.7. The number of ether oxygens (including phenoxy) is 2. The third kappa shape index (κ3) is 6.43. The van der Waals surface area contributed by atoms with E-state index in [-0.39, 0.29) is 37.2 Å². The second kappa shape index (κ2) is 10.8. The maximum atomic E-state index is 9.63. The van der Waals surface area contributed by atoms with Gasteiger partial charge in [-0.1, -0.05) is 44.6 Å². The van der Waals surface area contributed by atoms with Crippen LogP contribution >= 0.6 is 11.6 Å². The molecule has 0 bridgehead atoms. The molecule has 1 aromatic rings. The van der Waals surface area contributed by atoms with Gasteiger partial charge in [-0.25, -0.2) is 0 Å². The molecule has 1 aliphatic rings. The molecule has 0 saturated carbocycles. The van der Waals surface area contributed by atoms with Crippen LogP contribution in [0.4, 0.5) is 0 Å². The van der Waals surface area contributed by atoms with E-state index >= 15 is 0 Å². The smallest absolute Gasteiger partial charge is 0.122 e. The maximum absolute atomic E-state index is 9.63. The molecule has 29 heavy (non-hydrogen) atoms. The Kier molecular flexibility index (Phi) is 8.98. The van der Waals surface area contributed by atoms with Crippen LogP contribution < -0.4 is 4.74 Å². The molecule has 6 heteroatoms. The summed E-state index contributed by atoms with van der Waals surface area (Å²) in [4.78, 5) is 0. The molecule has 0 radical (unpaired) electrons.